The first-order valence-electron chi connectivity index (χ1n) is 4.28. The fraction of sp³-hybridized carbons (Fsp3) is 0.182. The van der Waals surface area contributed by atoms with E-state index in [1.165, 1.54) is 0 Å². The normalized spacial score (nSPS) is 10.6. The van der Waals surface area contributed by atoms with Crippen LogP contribution < -0.4 is 0 Å². The molecule has 0 fully saturated rings. The van der Waals surface area contributed by atoms with E-state index in [9.17, 15) is 4.79 Å². The third kappa shape index (κ3) is 1.15. The first kappa shape index (κ1) is 8.05. The molecule has 0 aliphatic heterocycles. The molecule has 66 valence electrons. The Morgan fingerprint density at radius 2 is 2.15 bits per heavy atom. The van der Waals surface area contributed by atoms with Crippen molar-refractivity contribution in [2.24, 2.45) is 0 Å². The van der Waals surface area contributed by atoms with Crippen molar-refractivity contribution in [3.8, 4) is 0 Å². The molecule has 0 aromatic carbocycles. The lowest BCUT2D eigenvalue weighted by atomic mass is 10.2. The Hall–Kier alpha value is -1.57. The number of Topliss-reactive ketones (excluding diaryl/α,β-unsaturated/α-hetero) is 1. The van der Waals surface area contributed by atoms with Crippen molar-refractivity contribution >= 4 is 11.3 Å². The van der Waals surface area contributed by atoms with Gasteiger partial charge in [0.25, 0.3) is 0 Å². The third-order valence-electron chi connectivity index (χ3n) is 2.25. The molecule has 0 N–H and O–H groups in total. The van der Waals surface area contributed by atoms with Gasteiger partial charge in [0.2, 0.25) is 0 Å². The van der Waals surface area contributed by atoms with E-state index in [0.717, 1.165) is 16.8 Å². The fourth-order valence-corrected chi connectivity index (χ4v) is 1.60. The third-order valence-corrected chi connectivity index (χ3v) is 2.25. The van der Waals surface area contributed by atoms with E-state index >= 15 is 0 Å². The molecule has 0 atom stereocenters. The van der Waals surface area contributed by atoms with Crippen LogP contribution in [0.4, 0.5) is 0 Å². The van der Waals surface area contributed by atoms with Gasteiger partial charge in [-0.05, 0) is 32.0 Å². The molecular weight excluding hydrogens is 162 g/mol. The number of pyridine rings is 1. The first-order chi connectivity index (χ1) is 6.20. The SMILES string of the molecule is CC(=O)c1cc(C)n2ccccc12. The van der Waals surface area contributed by atoms with Crippen molar-refractivity contribution in [2.45, 2.75) is 13.8 Å². The lowest BCUT2D eigenvalue weighted by Crippen LogP contribution is -1.90. The molecule has 2 rings (SSSR count). The smallest absolute Gasteiger partial charge is 0.161 e. The predicted octanol–water partition coefficient (Wildman–Crippen LogP) is 2.45. The van der Waals surface area contributed by atoms with Crippen LogP contribution in [0.25, 0.3) is 5.52 Å². The summed E-state index contributed by atoms with van der Waals surface area (Å²) in [5, 5.41) is 0. The van der Waals surface area contributed by atoms with Gasteiger partial charge in [-0.3, -0.25) is 4.79 Å². The number of hydrogen-bond donors (Lipinski definition) is 0. The van der Waals surface area contributed by atoms with E-state index in [4.69, 9.17) is 0 Å². The Morgan fingerprint density at radius 3 is 2.85 bits per heavy atom. The highest BCUT2D eigenvalue weighted by molar-refractivity contribution is 6.01. The maximum absolute atomic E-state index is 11.3. The van der Waals surface area contributed by atoms with Crippen LogP contribution in [0.1, 0.15) is 23.0 Å². The highest BCUT2D eigenvalue weighted by Gasteiger charge is 2.08. The molecule has 0 amide bonds. The molecule has 2 heteroatoms. The monoisotopic (exact) mass is 173 g/mol. The number of nitrogens with zero attached hydrogens (tertiary/aromatic N) is 1. The Bertz CT molecular complexity index is 468. The molecule has 0 unspecified atom stereocenters. The van der Waals surface area contributed by atoms with Crippen LogP contribution in [0.3, 0.4) is 0 Å². The minimum Gasteiger partial charge on any atom is -0.320 e. The number of rotatable bonds is 1. The van der Waals surface area contributed by atoms with Crippen LogP contribution >= 0.6 is 0 Å². The van der Waals surface area contributed by atoms with Crippen molar-refractivity contribution in [3.63, 3.8) is 0 Å². The number of ketones is 1. The highest BCUT2D eigenvalue weighted by Crippen LogP contribution is 2.16. The van der Waals surface area contributed by atoms with Crippen molar-refractivity contribution in [2.75, 3.05) is 0 Å². The Balaban J connectivity index is 2.85. The zero-order valence-corrected chi connectivity index (χ0v) is 7.74. The average Bonchev–Trinajstić information content (AvgIpc) is 2.45. The van der Waals surface area contributed by atoms with Crippen LogP contribution in [0.5, 0.6) is 0 Å². The molecular formula is C11H11NO. The van der Waals surface area contributed by atoms with Gasteiger partial charge in [0.15, 0.2) is 5.78 Å². The molecule has 0 aliphatic carbocycles. The van der Waals surface area contributed by atoms with Gasteiger partial charge in [-0.15, -0.1) is 0 Å². The van der Waals surface area contributed by atoms with E-state index in [2.05, 4.69) is 0 Å². The summed E-state index contributed by atoms with van der Waals surface area (Å²) in [5.41, 5.74) is 2.89. The summed E-state index contributed by atoms with van der Waals surface area (Å²) >= 11 is 0. The van der Waals surface area contributed by atoms with Crippen molar-refractivity contribution in [3.05, 3.63) is 41.7 Å². The second-order valence-corrected chi connectivity index (χ2v) is 3.21. The lowest BCUT2D eigenvalue weighted by Gasteiger charge is -1.96. The van der Waals surface area contributed by atoms with Crippen LogP contribution in [0, 0.1) is 6.92 Å². The number of carbonyl (C=O) groups excluding carboxylic acids is 1. The van der Waals surface area contributed by atoms with Gasteiger partial charge in [0.1, 0.15) is 0 Å². The molecule has 2 aromatic heterocycles. The summed E-state index contributed by atoms with van der Waals surface area (Å²) in [5.74, 6) is 0.122. The molecule has 0 saturated heterocycles. The zero-order chi connectivity index (χ0) is 9.42. The molecule has 0 spiro atoms. The van der Waals surface area contributed by atoms with E-state index in [1.54, 1.807) is 6.92 Å². The second-order valence-electron chi connectivity index (χ2n) is 3.21. The quantitative estimate of drug-likeness (QED) is 0.607. The van der Waals surface area contributed by atoms with E-state index < -0.39 is 0 Å². The molecule has 0 aliphatic rings. The van der Waals surface area contributed by atoms with E-state index in [-0.39, 0.29) is 5.78 Å². The molecule has 0 bridgehead atoms. The summed E-state index contributed by atoms with van der Waals surface area (Å²) in [6.07, 6.45) is 1.97. The summed E-state index contributed by atoms with van der Waals surface area (Å²) in [6.45, 7) is 3.60. The number of aryl methyl sites for hydroxylation is 1. The van der Waals surface area contributed by atoms with Gasteiger partial charge in [0.05, 0.1) is 5.52 Å². The Morgan fingerprint density at radius 1 is 1.38 bits per heavy atom. The van der Waals surface area contributed by atoms with Gasteiger partial charge < -0.3 is 4.40 Å². The second kappa shape index (κ2) is 2.73. The van der Waals surface area contributed by atoms with Crippen LogP contribution in [0.2, 0.25) is 0 Å². The maximum atomic E-state index is 11.3. The summed E-state index contributed by atoms with van der Waals surface area (Å²) in [4.78, 5) is 11.3. The van der Waals surface area contributed by atoms with Crippen LogP contribution in [-0.4, -0.2) is 10.2 Å². The molecule has 2 heterocycles. The molecule has 13 heavy (non-hydrogen) atoms. The van der Waals surface area contributed by atoms with Gasteiger partial charge >= 0.3 is 0 Å². The molecule has 0 saturated carbocycles. The first-order valence-corrected chi connectivity index (χ1v) is 4.28. The van der Waals surface area contributed by atoms with Crippen molar-refractivity contribution in [1.82, 2.24) is 4.40 Å². The minimum absolute atomic E-state index is 0.122. The van der Waals surface area contributed by atoms with Gasteiger partial charge in [-0.1, -0.05) is 6.07 Å². The number of carbonyl (C=O) groups is 1. The number of hydrogen-bond acceptors (Lipinski definition) is 1. The van der Waals surface area contributed by atoms with E-state index in [0.29, 0.717) is 0 Å². The zero-order valence-electron chi connectivity index (χ0n) is 7.74. The van der Waals surface area contributed by atoms with Crippen LogP contribution in [0.15, 0.2) is 30.5 Å². The largest absolute Gasteiger partial charge is 0.320 e. The molecule has 2 nitrogen and oxygen atoms in total. The lowest BCUT2D eigenvalue weighted by molar-refractivity contribution is 0.101. The Kier molecular flexibility index (Phi) is 1.69. The fourth-order valence-electron chi connectivity index (χ4n) is 1.60. The number of fused-ring (bicyclic) bond motifs is 1. The average molecular weight is 173 g/mol. The Labute approximate surface area is 76.8 Å². The van der Waals surface area contributed by atoms with E-state index in [1.807, 2.05) is 41.8 Å². The van der Waals surface area contributed by atoms with Gasteiger partial charge in [-0.2, -0.15) is 0 Å². The number of aromatic nitrogens is 1. The van der Waals surface area contributed by atoms with Gasteiger partial charge in [0, 0.05) is 17.5 Å². The molecule has 2 aromatic rings. The van der Waals surface area contributed by atoms with Crippen molar-refractivity contribution in [1.29, 1.82) is 0 Å². The van der Waals surface area contributed by atoms with Crippen molar-refractivity contribution < 1.29 is 4.79 Å². The standard InChI is InChI=1S/C11H11NO/c1-8-7-10(9(2)13)11-5-3-4-6-12(8)11/h3-7H,1-2H3. The topological polar surface area (TPSA) is 21.5 Å². The predicted molar refractivity (Wildman–Crippen MR) is 52.1 cm³/mol. The summed E-state index contributed by atoms with van der Waals surface area (Å²) in [7, 11) is 0. The molecule has 0 radical (unpaired) electrons. The highest BCUT2D eigenvalue weighted by atomic mass is 16.1. The maximum Gasteiger partial charge on any atom is 0.161 e. The summed E-state index contributed by atoms with van der Waals surface area (Å²) < 4.78 is 2.02. The van der Waals surface area contributed by atoms with Gasteiger partial charge in [-0.25, -0.2) is 0 Å². The minimum atomic E-state index is 0.122. The van der Waals surface area contributed by atoms with Crippen LogP contribution in [-0.2, 0) is 0 Å². The summed E-state index contributed by atoms with van der Waals surface area (Å²) in [6, 6.07) is 7.80.